The Labute approximate surface area is 127 Å². The van der Waals surface area contributed by atoms with E-state index < -0.39 is 0 Å². The van der Waals surface area contributed by atoms with Crippen LogP contribution in [-0.2, 0) is 11.2 Å². The van der Waals surface area contributed by atoms with Crippen molar-refractivity contribution in [2.24, 2.45) is 0 Å². The number of hydrogen-bond donors (Lipinski definition) is 1. The maximum Gasteiger partial charge on any atom is 0.227 e. The van der Waals surface area contributed by atoms with Crippen LogP contribution in [-0.4, -0.2) is 35.5 Å². The molecule has 0 aromatic heterocycles. The monoisotopic (exact) mass is 286 g/mol. The van der Waals surface area contributed by atoms with E-state index in [0.717, 1.165) is 31.4 Å². The lowest BCUT2D eigenvalue weighted by Crippen LogP contribution is -2.50. The maximum absolute atomic E-state index is 12.7. The number of amides is 1. The van der Waals surface area contributed by atoms with Crippen LogP contribution in [0.15, 0.2) is 30.3 Å². The van der Waals surface area contributed by atoms with Gasteiger partial charge >= 0.3 is 0 Å². The van der Waals surface area contributed by atoms with Crippen molar-refractivity contribution < 1.29 is 4.79 Å². The van der Waals surface area contributed by atoms with E-state index >= 15 is 0 Å². The summed E-state index contributed by atoms with van der Waals surface area (Å²) in [6.07, 6.45) is 6.43. The minimum atomic E-state index is 0.300. The third-order valence-corrected chi connectivity index (χ3v) is 4.87. The van der Waals surface area contributed by atoms with Crippen LogP contribution in [0.1, 0.15) is 44.6 Å². The molecular formula is C18H26N2O. The number of rotatable bonds is 5. The van der Waals surface area contributed by atoms with Crippen molar-refractivity contribution in [3.8, 4) is 0 Å². The largest absolute Gasteiger partial charge is 0.339 e. The number of carbonyl (C=O) groups excluding carboxylic acids is 1. The first kappa shape index (κ1) is 14.6. The molecule has 1 amide bonds. The topological polar surface area (TPSA) is 32.3 Å². The van der Waals surface area contributed by atoms with Gasteiger partial charge in [-0.15, -0.1) is 0 Å². The minimum absolute atomic E-state index is 0.300. The summed E-state index contributed by atoms with van der Waals surface area (Å²) < 4.78 is 0. The van der Waals surface area contributed by atoms with Crippen LogP contribution >= 0.6 is 0 Å². The molecule has 2 unspecified atom stereocenters. The van der Waals surface area contributed by atoms with Gasteiger partial charge in [0.1, 0.15) is 0 Å². The lowest BCUT2D eigenvalue weighted by atomic mass is 9.97. The van der Waals surface area contributed by atoms with E-state index in [-0.39, 0.29) is 0 Å². The van der Waals surface area contributed by atoms with Crippen molar-refractivity contribution in [2.45, 2.75) is 63.6 Å². The molecular weight excluding hydrogens is 260 g/mol. The van der Waals surface area contributed by atoms with E-state index in [2.05, 4.69) is 17.1 Å². The predicted molar refractivity (Wildman–Crippen MR) is 85.1 cm³/mol. The molecule has 0 aliphatic carbocycles. The third-order valence-electron chi connectivity index (χ3n) is 4.87. The number of nitrogens with zero attached hydrogens (tertiary/aromatic N) is 1. The molecule has 1 aromatic carbocycles. The highest BCUT2D eigenvalue weighted by Gasteiger charge is 2.37. The number of benzene rings is 1. The van der Waals surface area contributed by atoms with E-state index in [1.54, 1.807) is 0 Å². The Morgan fingerprint density at radius 3 is 2.48 bits per heavy atom. The Morgan fingerprint density at radius 2 is 1.86 bits per heavy atom. The summed E-state index contributed by atoms with van der Waals surface area (Å²) in [5.41, 5.74) is 1.13. The second-order valence-corrected chi connectivity index (χ2v) is 6.51. The van der Waals surface area contributed by atoms with Gasteiger partial charge in [0.25, 0.3) is 0 Å². The molecule has 21 heavy (non-hydrogen) atoms. The van der Waals surface area contributed by atoms with Crippen LogP contribution in [0.4, 0.5) is 0 Å². The standard InChI is InChI=1S/C18H26N2O/c1-2-10-20(17-12-15-8-9-16(13-17)19-15)18(21)11-14-6-4-3-5-7-14/h3-7,15-17,19H,2,8-13H2,1H3. The zero-order valence-corrected chi connectivity index (χ0v) is 12.9. The van der Waals surface area contributed by atoms with Gasteiger partial charge in [-0.3, -0.25) is 4.79 Å². The summed E-state index contributed by atoms with van der Waals surface area (Å²) in [5.74, 6) is 0.300. The quantitative estimate of drug-likeness (QED) is 0.902. The van der Waals surface area contributed by atoms with Crippen molar-refractivity contribution in [2.75, 3.05) is 6.54 Å². The van der Waals surface area contributed by atoms with Gasteiger partial charge < -0.3 is 10.2 Å². The SMILES string of the molecule is CCCN(C(=O)Cc1ccccc1)C1CC2CCC(C1)N2. The lowest BCUT2D eigenvalue weighted by Gasteiger charge is -2.38. The molecule has 2 fully saturated rings. The molecule has 3 rings (SSSR count). The van der Waals surface area contributed by atoms with Crippen LogP contribution in [0.3, 0.4) is 0 Å². The van der Waals surface area contributed by atoms with Crippen molar-refractivity contribution in [3.05, 3.63) is 35.9 Å². The first-order valence-electron chi connectivity index (χ1n) is 8.35. The molecule has 2 heterocycles. The maximum atomic E-state index is 12.7. The number of fused-ring (bicyclic) bond motifs is 2. The fourth-order valence-electron chi connectivity index (χ4n) is 3.91. The van der Waals surface area contributed by atoms with Crippen LogP contribution in [0.2, 0.25) is 0 Å². The number of hydrogen-bond acceptors (Lipinski definition) is 2. The summed E-state index contributed by atoms with van der Waals surface area (Å²) in [6, 6.07) is 11.8. The van der Waals surface area contributed by atoms with Gasteiger partial charge in [-0.2, -0.15) is 0 Å². The zero-order valence-electron chi connectivity index (χ0n) is 12.9. The molecule has 2 atom stereocenters. The number of carbonyl (C=O) groups is 1. The van der Waals surface area contributed by atoms with E-state index in [1.807, 2.05) is 30.3 Å². The average Bonchev–Trinajstić information content (AvgIpc) is 2.84. The molecule has 2 aliphatic heterocycles. The molecule has 0 radical (unpaired) electrons. The first-order valence-corrected chi connectivity index (χ1v) is 8.35. The van der Waals surface area contributed by atoms with Crippen LogP contribution in [0.5, 0.6) is 0 Å². The van der Waals surface area contributed by atoms with E-state index in [0.29, 0.717) is 30.5 Å². The highest BCUT2D eigenvalue weighted by atomic mass is 16.2. The molecule has 3 nitrogen and oxygen atoms in total. The smallest absolute Gasteiger partial charge is 0.227 e. The fourth-order valence-corrected chi connectivity index (χ4v) is 3.91. The molecule has 3 heteroatoms. The summed E-state index contributed by atoms with van der Waals surface area (Å²) in [7, 11) is 0. The molecule has 2 bridgehead atoms. The molecule has 2 saturated heterocycles. The van der Waals surface area contributed by atoms with Crippen molar-refractivity contribution in [3.63, 3.8) is 0 Å². The Bertz CT molecular complexity index is 461. The third kappa shape index (κ3) is 3.46. The van der Waals surface area contributed by atoms with E-state index in [9.17, 15) is 4.79 Å². The minimum Gasteiger partial charge on any atom is -0.339 e. The average molecular weight is 286 g/mol. The summed E-state index contributed by atoms with van der Waals surface area (Å²) >= 11 is 0. The van der Waals surface area contributed by atoms with E-state index in [1.165, 1.54) is 12.8 Å². The van der Waals surface area contributed by atoms with Gasteiger partial charge in [-0.1, -0.05) is 37.3 Å². The second-order valence-electron chi connectivity index (χ2n) is 6.51. The second kappa shape index (κ2) is 6.61. The van der Waals surface area contributed by atoms with Gasteiger partial charge in [0, 0.05) is 24.7 Å². The first-order chi connectivity index (χ1) is 10.3. The Balaban J connectivity index is 1.67. The van der Waals surface area contributed by atoms with Gasteiger partial charge in [-0.05, 0) is 37.7 Å². The van der Waals surface area contributed by atoms with Gasteiger partial charge in [-0.25, -0.2) is 0 Å². The zero-order chi connectivity index (χ0) is 14.7. The van der Waals surface area contributed by atoms with Gasteiger partial charge in [0.15, 0.2) is 0 Å². The summed E-state index contributed by atoms with van der Waals surface area (Å²) in [4.78, 5) is 14.9. The highest BCUT2D eigenvalue weighted by molar-refractivity contribution is 5.79. The Kier molecular flexibility index (Phi) is 4.59. The summed E-state index contributed by atoms with van der Waals surface area (Å²) in [5, 5.41) is 3.67. The molecule has 0 spiro atoms. The lowest BCUT2D eigenvalue weighted by molar-refractivity contribution is -0.133. The normalized spacial score (nSPS) is 27.6. The predicted octanol–water partition coefficient (Wildman–Crippen LogP) is 2.75. The fraction of sp³-hybridized carbons (Fsp3) is 0.611. The van der Waals surface area contributed by atoms with E-state index in [4.69, 9.17) is 0 Å². The van der Waals surface area contributed by atoms with Crippen molar-refractivity contribution >= 4 is 5.91 Å². The molecule has 2 aliphatic rings. The Hall–Kier alpha value is -1.35. The van der Waals surface area contributed by atoms with Crippen molar-refractivity contribution in [1.82, 2.24) is 10.2 Å². The molecule has 114 valence electrons. The molecule has 1 aromatic rings. The van der Waals surface area contributed by atoms with Crippen molar-refractivity contribution in [1.29, 1.82) is 0 Å². The van der Waals surface area contributed by atoms with Gasteiger partial charge in [0.2, 0.25) is 5.91 Å². The van der Waals surface area contributed by atoms with Crippen LogP contribution < -0.4 is 5.32 Å². The summed E-state index contributed by atoms with van der Waals surface area (Å²) in [6.45, 7) is 3.06. The molecule has 0 saturated carbocycles. The number of nitrogens with one attached hydrogen (secondary N) is 1. The van der Waals surface area contributed by atoms with Crippen LogP contribution in [0.25, 0.3) is 0 Å². The molecule has 1 N–H and O–H groups in total. The Morgan fingerprint density at radius 1 is 1.19 bits per heavy atom. The number of piperidine rings is 1. The van der Waals surface area contributed by atoms with Crippen LogP contribution in [0, 0.1) is 0 Å². The highest BCUT2D eigenvalue weighted by Crippen LogP contribution is 2.30. The van der Waals surface area contributed by atoms with Gasteiger partial charge in [0.05, 0.1) is 6.42 Å².